The normalized spacial score (nSPS) is 14.7. The average molecular weight is 458 g/mol. The van der Waals surface area contributed by atoms with E-state index in [-0.39, 0.29) is 5.70 Å². The molecule has 0 spiro atoms. The number of benzene rings is 2. The van der Waals surface area contributed by atoms with Gasteiger partial charge in [0, 0.05) is 10.0 Å². The van der Waals surface area contributed by atoms with Crippen molar-refractivity contribution in [3.8, 4) is 11.5 Å². The number of rotatable bonds is 9. The number of esters is 1. The lowest BCUT2D eigenvalue weighted by Gasteiger charge is -2.11. The van der Waals surface area contributed by atoms with Gasteiger partial charge in [-0.15, -0.1) is 0 Å². The molecular weight excluding hydrogens is 434 g/mol. The maximum atomic E-state index is 12.2. The summed E-state index contributed by atoms with van der Waals surface area (Å²) in [5, 5.41) is 0. The van der Waals surface area contributed by atoms with Crippen LogP contribution in [0.2, 0.25) is 0 Å². The molecule has 3 rings (SSSR count). The van der Waals surface area contributed by atoms with Crippen molar-refractivity contribution in [3.63, 3.8) is 0 Å². The van der Waals surface area contributed by atoms with Gasteiger partial charge in [-0.2, -0.15) is 0 Å². The molecule has 152 valence electrons. The van der Waals surface area contributed by atoms with E-state index in [9.17, 15) is 4.79 Å². The smallest absolute Gasteiger partial charge is 0.363 e. The highest BCUT2D eigenvalue weighted by Crippen LogP contribution is 2.30. The van der Waals surface area contributed by atoms with Gasteiger partial charge < -0.3 is 14.2 Å². The third kappa shape index (κ3) is 5.70. The molecule has 0 aromatic heterocycles. The van der Waals surface area contributed by atoms with Crippen LogP contribution in [0.3, 0.4) is 0 Å². The van der Waals surface area contributed by atoms with E-state index < -0.39 is 5.97 Å². The molecular formula is C23H24BrNO4. The Labute approximate surface area is 179 Å². The van der Waals surface area contributed by atoms with Gasteiger partial charge in [-0.25, -0.2) is 9.79 Å². The van der Waals surface area contributed by atoms with E-state index >= 15 is 0 Å². The fourth-order valence-electron chi connectivity index (χ4n) is 2.92. The predicted octanol–water partition coefficient (Wildman–Crippen LogP) is 5.76. The molecule has 0 unspecified atom stereocenters. The Bertz CT molecular complexity index is 936. The molecule has 0 saturated carbocycles. The van der Waals surface area contributed by atoms with Crippen LogP contribution in [0, 0.1) is 0 Å². The molecule has 2 aromatic rings. The second-order valence-electron chi connectivity index (χ2n) is 6.67. The van der Waals surface area contributed by atoms with Gasteiger partial charge in [-0.3, -0.25) is 0 Å². The molecule has 6 heteroatoms. The van der Waals surface area contributed by atoms with Crippen molar-refractivity contribution >= 4 is 33.9 Å². The van der Waals surface area contributed by atoms with E-state index in [1.807, 2.05) is 42.5 Å². The van der Waals surface area contributed by atoms with Crippen LogP contribution in [0.1, 0.15) is 43.7 Å². The molecule has 0 saturated heterocycles. The lowest BCUT2D eigenvalue weighted by molar-refractivity contribution is -0.129. The van der Waals surface area contributed by atoms with E-state index in [4.69, 9.17) is 14.2 Å². The molecule has 0 amide bonds. The predicted molar refractivity (Wildman–Crippen MR) is 117 cm³/mol. The average Bonchev–Trinajstić information content (AvgIpc) is 3.09. The van der Waals surface area contributed by atoms with E-state index in [2.05, 4.69) is 27.8 Å². The van der Waals surface area contributed by atoms with Crippen molar-refractivity contribution in [2.75, 3.05) is 13.7 Å². The fourth-order valence-corrected chi connectivity index (χ4v) is 3.32. The van der Waals surface area contributed by atoms with Crippen LogP contribution >= 0.6 is 15.9 Å². The number of hydrogen-bond acceptors (Lipinski definition) is 5. The largest absolute Gasteiger partial charge is 0.493 e. The molecule has 29 heavy (non-hydrogen) atoms. The van der Waals surface area contributed by atoms with Gasteiger partial charge in [0.1, 0.15) is 0 Å². The maximum Gasteiger partial charge on any atom is 0.363 e. The first-order valence-electron chi connectivity index (χ1n) is 9.70. The number of hydrogen-bond donors (Lipinski definition) is 0. The Hall–Kier alpha value is -2.60. The second kappa shape index (κ2) is 10.3. The van der Waals surface area contributed by atoms with Crippen LogP contribution in [-0.4, -0.2) is 25.6 Å². The summed E-state index contributed by atoms with van der Waals surface area (Å²) in [6.07, 6.45) is 6.26. The van der Waals surface area contributed by atoms with Crippen molar-refractivity contribution < 1.29 is 19.0 Å². The number of cyclic esters (lactones) is 1. The topological polar surface area (TPSA) is 57.1 Å². The Morgan fingerprint density at radius 3 is 2.72 bits per heavy atom. The van der Waals surface area contributed by atoms with Crippen molar-refractivity contribution in [3.05, 3.63) is 63.8 Å². The van der Waals surface area contributed by atoms with Gasteiger partial charge in [-0.05, 0) is 48.4 Å². The number of carbonyl (C=O) groups is 1. The lowest BCUT2D eigenvalue weighted by Crippen LogP contribution is -2.05. The summed E-state index contributed by atoms with van der Waals surface area (Å²) >= 11 is 3.41. The van der Waals surface area contributed by atoms with Crippen LogP contribution in [-0.2, 0) is 9.53 Å². The van der Waals surface area contributed by atoms with Gasteiger partial charge in [0.25, 0.3) is 0 Å². The quantitative estimate of drug-likeness (QED) is 0.272. The molecule has 1 aliphatic heterocycles. The van der Waals surface area contributed by atoms with Crippen LogP contribution in [0.15, 0.2) is 57.6 Å². The standard InChI is InChI=1S/C23H24BrNO4/c1-3-4-5-6-12-28-20-11-10-16(14-21(20)27-2)13-19-23(26)29-22(25-19)17-8-7-9-18(24)15-17/h7-11,13-15H,3-6,12H2,1-2H3. The summed E-state index contributed by atoms with van der Waals surface area (Å²) in [7, 11) is 1.60. The molecule has 0 bridgehead atoms. The molecule has 0 radical (unpaired) electrons. The van der Waals surface area contributed by atoms with E-state index in [1.54, 1.807) is 13.2 Å². The first kappa shape index (κ1) is 21.1. The summed E-state index contributed by atoms with van der Waals surface area (Å²) in [5.74, 6) is 1.13. The summed E-state index contributed by atoms with van der Waals surface area (Å²) in [4.78, 5) is 16.6. The zero-order chi connectivity index (χ0) is 20.6. The minimum Gasteiger partial charge on any atom is -0.493 e. The van der Waals surface area contributed by atoms with E-state index in [0.717, 1.165) is 28.4 Å². The number of aliphatic imine (C=N–C) groups is 1. The third-order valence-corrected chi connectivity index (χ3v) is 4.93. The van der Waals surface area contributed by atoms with E-state index in [0.29, 0.717) is 24.0 Å². The number of halogens is 1. The maximum absolute atomic E-state index is 12.2. The summed E-state index contributed by atoms with van der Waals surface area (Å²) in [6.45, 7) is 2.84. The van der Waals surface area contributed by atoms with Gasteiger partial charge in [0.2, 0.25) is 5.90 Å². The highest BCUT2D eigenvalue weighted by Gasteiger charge is 2.24. The van der Waals surface area contributed by atoms with Crippen molar-refractivity contribution in [2.24, 2.45) is 4.99 Å². The SMILES string of the molecule is CCCCCCOc1ccc(C=C2N=C(c3cccc(Br)c3)OC2=O)cc1OC. The molecule has 1 heterocycles. The minimum absolute atomic E-state index is 0.246. The first-order chi connectivity index (χ1) is 14.1. The molecule has 5 nitrogen and oxygen atoms in total. The molecule has 0 N–H and O–H groups in total. The van der Waals surface area contributed by atoms with E-state index in [1.165, 1.54) is 12.8 Å². The monoisotopic (exact) mass is 457 g/mol. The summed E-state index contributed by atoms with van der Waals surface area (Å²) in [5.41, 5.74) is 1.77. The van der Waals surface area contributed by atoms with Crippen LogP contribution < -0.4 is 9.47 Å². The molecule has 2 aromatic carbocycles. The Morgan fingerprint density at radius 1 is 1.10 bits per heavy atom. The Balaban J connectivity index is 1.74. The molecule has 0 aliphatic carbocycles. The van der Waals surface area contributed by atoms with Crippen molar-refractivity contribution in [1.82, 2.24) is 0 Å². The zero-order valence-corrected chi connectivity index (χ0v) is 18.2. The minimum atomic E-state index is -0.477. The van der Waals surface area contributed by atoms with Gasteiger partial charge in [-0.1, -0.05) is 54.2 Å². The fraction of sp³-hybridized carbons (Fsp3) is 0.304. The van der Waals surface area contributed by atoms with Crippen LogP contribution in [0.25, 0.3) is 6.08 Å². The first-order valence-corrected chi connectivity index (χ1v) is 10.5. The number of unbranched alkanes of at least 4 members (excludes halogenated alkanes) is 3. The molecule has 0 atom stereocenters. The molecule has 1 aliphatic rings. The number of methoxy groups -OCH3 is 1. The number of ether oxygens (including phenoxy) is 3. The van der Waals surface area contributed by atoms with Crippen LogP contribution in [0.5, 0.6) is 11.5 Å². The van der Waals surface area contributed by atoms with Crippen molar-refractivity contribution in [2.45, 2.75) is 32.6 Å². The van der Waals surface area contributed by atoms with Gasteiger partial charge >= 0.3 is 5.97 Å². The third-order valence-electron chi connectivity index (χ3n) is 4.44. The Morgan fingerprint density at radius 2 is 1.97 bits per heavy atom. The van der Waals surface area contributed by atoms with Crippen molar-refractivity contribution in [1.29, 1.82) is 0 Å². The Kier molecular flexibility index (Phi) is 7.47. The number of nitrogens with zero attached hydrogens (tertiary/aromatic N) is 1. The van der Waals surface area contributed by atoms with Crippen LogP contribution in [0.4, 0.5) is 0 Å². The number of carbonyl (C=O) groups excluding carboxylic acids is 1. The summed E-state index contributed by atoms with van der Waals surface area (Å²) in [6, 6.07) is 13.0. The lowest BCUT2D eigenvalue weighted by atomic mass is 10.1. The zero-order valence-electron chi connectivity index (χ0n) is 16.6. The molecule has 0 fully saturated rings. The summed E-state index contributed by atoms with van der Waals surface area (Å²) < 4.78 is 17.5. The van der Waals surface area contributed by atoms with Gasteiger partial charge in [0.05, 0.1) is 13.7 Å². The highest BCUT2D eigenvalue weighted by molar-refractivity contribution is 9.10. The van der Waals surface area contributed by atoms with Gasteiger partial charge in [0.15, 0.2) is 17.2 Å². The highest BCUT2D eigenvalue weighted by atomic mass is 79.9. The second-order valence-corrected chi connectivity index (χ2v) is 7.58.